The molecule has 0 fully saturated rings. The Morgan fingerprint density at radius 3 is 2.00 bits per heavy atom. The third-order valence-electron chi connectivity index (χ3n) is 2.83. The molecule has 0 aliphatic rings. The van der Waals surface area contributed by atoms with Gasteiger partial charge >= 0.3 is 0 Å². The average Bonchev–Trinajstić information content (AvgIpc) is 2.37. The van der Waals surface area contributed by atoms with E-state index in [-0.39, 0.29) is 10.6 Å². The predicted octanol–water partition coefficient (Wildman–Crippen LogP) is 3.01. The lowest BCUT2D eigenvalue weighted by Crippen LogP contribution is -2.13. The van der Waals surface area contributed by atoms with E-state index in [4.69, 9.17) is 0 Å². The molecule has 6 nitrogen and oxygen atoms in total. The average molecular weight is 306 g/mol. The van der Waals surface area contributed by atoms with Crippen LogP contribution < -0.4 is 4.72 Å². The topological polar surface area (TPSA) is 89.3 Å². The molecule has 21 heavy (non-hydrogen) atoms. The van der Waals surface area contributed by atoms with Crippen LogP contribution in [0.15, 0.2) is 47.4 Å². The number of hydrogen-bond donors (Lipinski definition) is 1. The summed E-state index contributed by atoms with van der Waals surface area (Å²) in [5.41, 5.74) is 2.19. The summed E-state index contributed by atoms with van der Waals surface area (Å²) in [6.07, 6.45) is 0. The minimum atomic E-state index is -3.76. The quantitative estimate of drug-likeness (QED) is 0.694. The summed E-state index contributed by atoms with van der Waals surface area (Å²) in [4.78, 5) is 9.97. The lowest BCUT2D eigenvalue weighted by molar-refractivity contribution is -0.384. The zero-order chi connectivity index (χ0) is 15.6. The van der Waals surface area contributed by atoms with Crippen LogP contribution in [0, 0.1) is 24.0 Å². The van der Waals surface area contributed by atoms with Crippen LogP contribution >= 0.6 is 0 Å². The van der Waals surface area contributed by atoms with Crippen LogP contribution in [-0.2, 0) is 10.0 Å². The number of anilines is 1. The van der Waals surface area contributed by atoms with E-state index in [2.05, 4.69) is 4.72 Å². The zero-order valence-corrected chi connectivity index (χ0v) is 12.3. The Bertz CT molecular complexity index is 763. The molecule has 0 aliphatic carbocycles. The van der Waals surface area contributed by atoms with E-state index in [1.165, 1.54) is 12.1 Å². The minimum Gasteiger partial charge on any atom is -0.280 e. The second-order valence-electron chi connectivity index (χ2n) is 4.73. The van der Waals surface area contributed by atoms with Gasteiger partial charge in [-0.3, -0.25) is 14.8 Å². The summed E-state index contributed by atoms with van der Waals surface area (Å²) in [7, 11) is -3.76. The highest BCUT2D eigenvalue weighted by Gasteiger charge is 2.16. The normalized spacial score (nSPS) is 11.1. The predicted molar refractivity (Wildman–Crippen MR) is 79.8 cm³/mol. The van der Waals surface area contributed by atoms with Gasteiger partial charge in [0.1, 0.15) is 0 Å². The summed E-state index contributed by atoms with van der Waals surface area (Å²) in [6, 6.07) is 10.1. The van der Waals surface area contributed by atoms with E-state index < -0.39 is 14.9 Å². The molecule has 110 valence electrons. The van der Waals surface area contributed by atoms with Gasteiger partial charge in [-0.05, 0) is 49.2 Å². The molecule has 0 aromatic heterocycles. The number of benzene rings is 2. The molecule has 0 bridgehead atoms. The number of rotatable bonds is 4. The third-order valence-corrected chi connectivity index (χ3v) is 4.23. The van der Waals surface area contributed by atoms with E-state index in [1.54, 1.807) is 12.1 Å². The van der Waals surface area contributed by atoms with Crippen molar-refractivity contribution in [3.05, 3.63) is 63.7 Å². The lowest BCUT2D eigenvalue weighted by Gasteiger charge is -2.09. The first-order chi connectivity index (χ1) is 9.78. The molecule has 0 unspecified atom stereocenters. The van der Waals surface area contributed by atoms with Crippen molar-refractivity contribution in [3.8, 4) is 0 Å². The van der Waals surface area contributed by atoms with Gasteiger partial charge < -0.3 is 0 Å². The van der Waals surface area contributed by atoms with Crippen molar-refractivity contribution in [2.24, 2.45) is 0 Å². The van der Waals surface area contributed by atoms with Crippen molar-refractivity contribution in [3.63, 3.8) is 0 Å². The number of nitrogens with zero attached hydrogens (tertiary/aromatic N) is 1. The molecular weight excluding hydrogens is 292 g/mol. The molecular formula is C14H14N2O4S. The van der Waals surface area contributed by atoms with Gasteiger partial charge in [0, 0.05) is 17.8 Å². The lowest BCUT2D eigenvalue weighted by atomic mass is 10.1. The maximum absolute atomic E-state index is 12.2. The Morgan fingerprint density at radius 1 is 1.00 bits per heavy atom. The van der Waals surface area contributed by atoms with E-state index in [9.17, 15) is 18.5 Å². The van der Waals surface area contributed by atoms with Gasteiger partial charge in [0.25, 0.3) is 15.7 Å². The Kier molecular flexibility index (Phi) is 3.95. The van der Waals surface area contributed by atoms with Gasteiger partial charge in [-0.15, -0.1) is 0 Å². The van der Waals surface area contributed by atoms with Crippen molar-refractivity contribution < 1.29 is 13.3 Å². The number of nitrogens with one attached hydrogen (secondary N) is 1. The molecule has 0 saturated carbocycles. The number of nitro benzene ring substituents is 1. The largest absolute Gasteiger partial charge is 0.280 e. The Morgan fingerprint density at radius 2 is 1.52 bits per heavy atom. The molecule has 2 aromatic carbocycles. The van der Waals surface area contributed by atoms with Gasteiger partial charge in [0.15, 0.2) is 0 Å². The fraction of sp³-hybridized carbons (Fsp3) is 0.143. The minimum absolute atomic E-state index is 0.0211. The van der Waals surface area contributed by atoms with Gasteiger partial charge in [0.05, 0.1) is 9.82 Å². The molecule has 7 heteroatoms. The van der Waals surface area contributed by atoms with E-state index in [1.807, 2.05) is 19.9 Å². The van der Waals surface area contributed by atoms with E-state index >= 15 is 0 Å². The van der Waals surface area contributed by atoms with Crippen LogP contribution in [0.5, 0.6) is 0 Å². The molecule has 0 saturated heterocycles. The molecule has 0 atom stereocenters. The fourth-order valence-electron chi connectivity index (χ4n) is 1.99. The van der Waals surface area contributed by atoms with Crippen LogP contribution in [0.3, 0.4) is 0 Å². The standard InChI is InChI=1S/C14H14N2O4S/c1-10-7-11(2)9-12(8-10)15-21(19,20)14-5-3-13(4-6-14)16(17)18/h3-9,15H,1-2H3. The monoisotopic (exact) mass is 306 g/mol. The summed E-state index contributed by atoms with van der Waals surface area (Å²) < 4.78 is 26.9. The molecule has 0 amide bonds. The molecule has 0 heterocycles. The van der Waals surface area contributed by atoms with Crippen molar-refractivity contribution in [2.45, 2.75) is 18.7 Å². The first kappa shape index (κ1) is 15.0. The maximum atomic E-state index is 12.2. The van der Waals surface area contributed by atoms with Crippen molar-refractivity contribution in [1.82, 2.24) is 0 Å². The second kappa shape index (κ2) is 5.53. The third kappa shape index (κ3) is 3.57. The molecule has 2 aromatic rings. The van der Waals surface area contributed by atoms with Gasteiger partial charge in [-0.25, -0.2) is 8.42 Å². The molecule has 0 spiro atoms. The van der Waals surface area contributed by atoms with Crippen LogP contribution in [0.1, 0.15) is 11.1 Å². The zero-order valence-electron chi connectivity index (χ0n) is 11.5. The fourth-order valence-corrected chi connectivity index (χ4v) is 3.04. The van der Waals surface area contributed by atoms with Gasteiger partial charge in [-0.1, -0.05) is 6.07 Å². The Hall–Kier alpha value is -2.41. The number of nitro groups is 1. The molecule has 0 radical (unpaired) electrons. The van der Waals surface area contributed by atoms with Crippen LogP contribution in [0.25, 0.3) is 0 Å². The first-order valence-electron chi connectivity index (χ1n) is 6.13. The highest BCUT2D eigenvalue weighted by atomic mass is 32.2. The van der Waals surface area contributed by atoms with Crippen molar-refractivity contribution in [2.75, 3.05) is 4.72 Å². The summed E-state index contributed by atoms with van der Waals surface area (Å²) in [6.45, 7) is 3.74. The molecule has 2 rings (SSSR count). The maximum Gasteiger partial charge on any atom is 0.269 e. The Labute approximate surface area is 122 Å². The number of non-ortho nitro benzene ring substituents is 1. The summed E-state index contributed by atoms with van der Waals surface area (Å²) in [5.74, 6) is 0. The van der Waals surface area contributed by atoms with Gasteiger partial charge in [-0.2, -0.15) is 0 Å². The summed E-state index contributed by atoms with van der Waals surface area (Å²) >= 11 is 0. The van der Waals surface area contributed by atoms with Gasteiger partial charge in [0.2, 0.25) is 0 Å². The number of hydrogen-bond acceptors (Lipinski definition) is 4. The van der Waals surface area contributed by atoms with Crippen molar-refractivity contribution in [1.29, 1.82) is 0 Å². The molecule has 1 N–H and O–H groups in total. The molecule has 0 aliphatic heterocycles. The Balaban J connectivity index is 2.31. The number of sulfonamides is 1. The first-order valence-corrected chi connectivity index (χ1v) is 7.62. The van der Waals surface area contributed by atoms with Crippen LogP contribution in [-0.4, -0.2) is 13.3 Å². The van der Waals surface area contributed by atoms with Crippen LogP contribution in [0.4, 0.5) is 11.4 Å². The van der Waals surface area contributed by atoms with Crippen molar-refractivity contribution >= 4 is 21.4 Å². The number of aryl methyl sites for hydroxylation is 2. The second-order valence-corrected chi connectivity index (χ2v) is 6.42. The highest BCUT2D eigenvalue weighted by Crippen LogP contribution is 2.20. The van der Waals surface area contributed by atoms with E-state index in [0.29, 0.717) is 5.69 Å². The van der Waals surface area contributed by atoms with E-state index in [0.717, 1.165) is 23.3 Å². The highest BCUT2D eigenvalue weighted by molar-refractivity contribution is 7.92. The SMILES string of the molecule is Cc1cc(C)cc(NS(=O)(=O)c2ccc([N+](=O)[O-])cc2)c1. The smallest absolute Gasteiger partial charge is 0.269 e. The van der Waals surface area contributed by atoms with Crippen LogP contribution in [0.2, 0.25) is 0 Å². The summed E-state index contributed by atoms with van der Waals surface area (Å²) in [5, 5.41) is 10.6.